The van der Waals surface area contributed by atoms with Crippen molar-refractivity contribution in [2.75, 3.05) is 0 Å². The molecule has 15 heavy (non-hydrogen) atoms. The molecule has 4 heteroatoms. The fraction of sp³-hybridized carbons (Fsp3) is 0.273. The molecular formula is C11H10ClFO2. The van der Waals surface area contributed by atoms with Crippen LogP contribution in [0.2, 0.25) is 0 Å². The number of hydrogen-bond acceptors (Lipinski definition) is 2. The van der Waals surface area contributed by atoms with Crippen LogP contribution >= 0.6 is 11.6 Å². The van der Waals surface area contributed by atoms with Crippen LogP contribution in [0.4, 0.5) is 4.39 Å². The van der Waals surface area contributed by atoms with Crippen LogP contribution in [0.25, 0.3) is 0 Å². The normalized spacial score (nSPS) is 10.0. The van der Waals surface area contributed by atoms with Gasteiger partial charge in [0.05, 0.1) is 0 Å². The van der Waals surface area contributed by atoms with Crippen LogP contribution in [0.5, 0.6) is 0 Å². The van der Waals surface area contributed by atoms with Gasteiger partial charge in [-0.25, -0.2) is 4.39 Å². The van der Waals surface area contributed by atoms with E-state index in [1.807, 2.05) is 0 Å². The minimum Gasteiger partial charge on any atom is -0.294 e. The lowest BCUT2D eigenvalue weighted by atomic mass is 10.1. The summed E-state index contributed by atoms with van der Waals surface area (Å²) >= 11 is 5.13. The van der Waals surface area contributed by atoms with Crippen molar-refractivity contribution in [3.8, 4) is 0 Å². The van der Waals surface area contributed by atoms with E-state index < -0.39 is 5.24 Å². The molecule has 0 fully saturated rings. The van der Waals surface area contributed by atoms with Crippen molar-refractivity contribution in [2.45, 2.75) is 19.3 Å². The van der Waals surface area contributed by atoms with Gasteiger partial charge in [0.2, 0.25) is 5.24 Å². The lowest BCUT2D eigenvalue weighted by molar-refractivity contribution is -0.111. The van der Waals surface area contributed by atoms with Crippen molar-refractivity contribution >= 4 is 22.6 Å². The summed E-state index contributed by atoms with van der Waals surface area (Å²) in [5, 5.41) is -0.443. The Morgan fingerprint density at radius 3 is 2.27 bits per heavy atom. The zero-order chi connectivity index (χ0) is 11.3. The Balaban J connectivity index is 2.47. The van der Waals surface area contributed by atoms with Gasteiger partial charge in [-0.3, -0.25) is 9.59 Å². The number of halogens is 2. The molecule has 1 aromatic rings. The molecule has 0 atom stereocenters. The highest BCUT2D eigenvalue weighted by atomic mass is 35.5. The molecule has 0 unspecified atom stereocenters. The number of rotatable bonds is 5. The van der Waals surface area contributed by atoms with Crippen molar-refractivity contribution < 1.29 is 14.0 Å². The molecule has 0 aliphatic carbocycles. The molecular weight excluding hydrogens is 219 g/mol. The van der Waals surface area contributed by atoms with E-state index in [1.54, 1.807) is 0 Å². The molecule has 0 aliphatic rings. The molecule has 0 bridgehead atoms. The first kappa shape index (κ1) is 11.9. The van der Waals surface area contributed by atoms with Gasteiger partial charge in [0.1, 0.15) is 5.82 Å². The summed E-state index contributed by atoms with van der Waals surface area (Å²) in [4.78, 5) is 21.9. The van der Waals surface area contributed by atoms with Crippen molar-refractivity contribution in [2.24, 2.45) is 0 Å². The zero-order valence-corrected chi connectivity index (χ0v) is 8.76. The first-order chi connectivity index (χ1) is 7.09. The van der Waals surface area contributed by atoms with E-state index >= 15 is 0 Å². The monoisotopic (exact) mass is 228 g/mol. The van der Waals surface area contributed by atoms with Gasteiger partial charge >= 0.3 is 0 Å². The van der Waals surface area contributed by atoms with Gasteiger partial charge < -0.3 is 0 Å². The van der Waals surface area contributed by atoms with E-state index in [4.69, 9.17) is 11.6 Å². The number of carbonyl (C=O) groups excluding carboxylic acids is 2. The molecule has 2 nitrogen and oxygen atoms in total. The number of carbonyl (C=O) groups is 2. The van der Waals surface area contributed by atoms with E-state index in [-0.39, 0.29) is 24.4 Å². The largest absolute Gasteiger partial charge is 0.294 e. The molecule has 0 N–H and O–H groups in total. The molecule has 0 amide bonds. The summed E-state index contributed by atoms with van der Waals surface area (Å²) in [5.74, 6) is -0.476. The van der Waals surface area contributed by atoms with Gasteiger partial charge in [0, 0.05) is 18.4 Å². The van der Waals surface area contributed by atoms with Crippen LogP contribution in [0.3, 0.4) is 0 Å². The van der Waals surface area contributed by atoms with Gasteiger partial charge in [-0.1, -0.05) is 0 Å². The number of hydrogen-bond donors (Lipinski definition) is 0. The Morgan fingerprint density at radius 1 is 1.13 bits per heavy atom. The van der Waals surface area contributed by atoms with E-state index in [0.29, 0.717) is 12.0 Å². The summed E-state index contributed by atoms with van der Waals surface area (Å²) in [5.41, 5.74) is 0.457. The molecule has 0 aromatic heterocycles. The van der Waals surface area contributed by atoms with Crippen LogP contribution in [0.15, 0.2) is 24.3 Å². The second-order valence-corrected chi connectivity index (χ2v) is 3.56. The van der Waals surface area contributed by atoms with Crippen LogP contribution in [-0.4, -0.2) is 11.0 Å². The maximum Gasteiger partial charge on any atom is 0.221 e. The predicted molar refractivity (Wildman–Crippen MR) is 55.4 cm³/mol. The molecule has 0 saturated carbocycles. The highest BCUT2D eigenvalue weighted by Crippen LogP contribution is 2.09. The molecule has 0 heterocycles. The fourth-order valence-corrected chi connectivity index (χ4v) is 1.30. The van der Waals surface area contributed by atoms with Crippen molar-refractivity contribution in [3.63, 3.8) is 0 Å². The smallest absolute Gasteiger partial charge is 0.221 e. The Labute approximate surface area is 92.0 Å². The van der Waals surface area contributed by atoms with E-state index in [2.05, 4.69) is 0 Å². The van der Waals surface area contributed by atoms with E-state index in [0.717, 1.165) is 0 Å². The van der Waals surface area contributed by atoms with Gasteiger partial charge in [-0.2, -0.15) is 0 Å². The molecule has 0 aliphatic heterocycles. The number of benzene rings is 1. The molecule has 1 rings (SSSR count). The first-order valence-electron chi connectivity index (χ1n) is 4.56. The average molecular weight is 229 g/mol. The van der Waals surface area contributed by atoms with Gasteiger partial charge in [0.15, 0.2) is 5.78 Å². The van der Waals surface area contributed by atoms with Crippen LogP contribution in [0, 0.1) is 5.82 Å². The fourth-order valence-electron chi connectivity index (χ4n) is 1.17. The molecule has 80 valence electrons. The summed E-state index contributed by atoms with van der Waals surface area (Å²) in [6.07, 6.45) is 0.872. The quantitative estimate of drug-likeness (QED) is 0.574. The lowest BCUT2D eigenvalue weighted by Gasteiger charge is -1.99. The summed E-state index contributed by atoms with van der Waals surface area (Å²) in [7, 11) is 0. The standard InChI is InChI=1S/C11H10ClFO2/c12-11(15)3-1-2-10(14)8-4-6-9(13)7-5-8/h4-7H,1-3H2. The maximum absolute atomic E-state index is 12.5. The third-order valence-corrected chi connectivity index (χ3v) is 2.13. The lowest BCUT2D eigenvalue weighted by Crippen LogP contribution is -2.00. The Hall–Kier alpha value is -1.22. The SMILES string of the molecule is O=C(Cl)CCCC(=O)c1ccc(F)cc1. The highest BCUT2D eigenvalue weighted by molar-refractivity contribution is 6.63. The van der Waals surface area contributed by atoms with Crippen LogP contribution in [-0.2, 0) is 4.79 Å². The third kappa shape index (κ3) is 4.21. The zero-order valence-electron chi connectivity index (χ0n) is 8.00. The van der Waals surface area contributed by atoms with Crippen LogP contribution < -0.4 is 0 Å². The summed E-state index contributed by atoms with van der Waals surface area (Å²) < 4.78 is 12.5. The summed E-state index contributed by atoms with van der Waals surface area (Å²) in [6.45, 7) is 0. The second-order valence-electron chi connectivity index (χ2n) is 3.14. The topological polar surface area (TPSA) is 34.1 Å². The second kappa shape index (κ2) is 5.61. The van der Waals surface area contributed by atoms with Crippen molar-refractivity contribution in [1.29, 1.82) is 0 Å². The van der Waals surface area contributed by atoms with Gasteiger partial charge in [0.25, 0.3) is 0 Å². The number of Topliss-reactive ketones (excluding diaryl/α,β-unsaturated/α-hetero) is 1. The van der Waals surface area contributed by atoms with Crippen LogP contribution in [0.1, 0.15) is 29.6 Å². The van der Waals surface area contributed by atoms with E-state index in [1.165, 1.54) is 24.3 Å². The van der Waals surface area contributed by atoms with Crippen molar-refractivity contribution in [1.82, 2.24) is 0 Å². The van der Waals surface area contributed by atoms with Gasteiger partial charge in [-0.05, 0) is 42.3 Å². The molecule has 0 radical (unpaired) electrons. The first-order valence-corrected chi connectivity index (χ1v) is 4.94. The minimum absolute atomic E-state index is 0.104. The predicted octanol–water partition coefficient (Wildman–Crippen LogP) is 2.94. The Bertz CT molecular complexity index is 359. The third-order valence-electron chi connectivity index (χ3n) is 1.94. The van der Waals surface area contributed by atoms with E-state index in [9.17, 15) is 14.0 Å². The molecule has 1 aromatic carbocycles. The highest BCUT2D eigenvalue weighted by Gasteiger charge is 2.06. The Kier molecular flexibility index (Phi) is 4.43. The minimum atomic E-state index is -0.443. The maximum atomic E-state index is 12.5. The molecule has 0 spiro atoms. The van der Waals surface area contributed by atoms with Crippen molar-refractivity contribution in [3.05, 3.63) is 35.6 Å². The molecule has 0 saturated heterocycles. The average Bonchev–Trinajstić information content (AvgIpc) is 2.18. The Morgan fingerprint density at radius 2 is 1.73 bits per heavy atom. The van der Waals surface area contributed by atoms with Gasteiger partial charge in [-0.15, -0.1) is 0 Å². The summed E-state index contributed by atoms with van der Waals surface area (Å²) in [6, 6.07) is 5.33. The number of ketones is 1.